The number of aromatic nitrogens is 2. The van der Waals surface area contributed by atoms with Crippen LogP contribution in [0, 0.1) is 5.82 Å². The summed E-state index contributed by atoms with van der Waals surface area (Å²) in [5.41, 5.74) is 6.62. The highest BCUT2D eigenvalue weighted by Gasteiger charge is 2.40. The number of benzene rings is 1. The zero-order valence-corrected chi connectivity index (χ0v) is 16.8. The van der Waals surface area contributed by atoms with Crippen LogP contribution in [0.3, 0.4) is 0 Å². The molecule has 4 rings (SSSR count). The molecule has 9 nitrogen and oxygen atoms in total. The van der Waals surface area contributed by atoms with Gasteiger partial charge in [0.15, 0.2) is 0 Å². The van der Waals surface area contributed by atoms with Gasteiger partial charge < -0.3 is 21.3 Å². The molecule has 1 saturated heterocycles. The molecule has 166 valence electrons. The van der Waals surface area contributed by atoms with E-state index >= 15 is 0 Å². The fourth-order valence-corrected chi connectivity index (χ4v) is 3.77. The number of primary amides is 1. The number of hydrogen-bond donors (Lipinski definition) is 3. The summed E-state index contributed by atoms with van der Waals surface area (Å²) in [7, 11) is 0. The van der Waals surface area contributed by atoms with Crippen LogP contribution in [0.25, 0.3) is 10.9 Å². The summed E-state index contributed by atoms with van der Waals surface area (Å²) in [5, 5.41) is 5.79. The molecule has 2 aromatic heterocycles. The Morgan fingerprint density at radius 1 is 1.22 bits per heavy atom. The van der Waals surface area contributed by atoms with E-state index in [-0.39, 0.29) is 19.5 Å². The lowest BCUT2D eigenvalue weighted by atomic mass is 10.2. The quantitative estimate of drug-likeness (QED) is 0.574. The van der Waals surface area contributed by atoms with Crippen LogP contribution in [0.1, 0.15) is 12.0 Å². The lowest BCUT2D eigenvalue weighted by Crippen LogP contribution is -2.47. The number of fused-ring (bicyclic) bond motifs is 1. The Hall–Kier alpha value is -4.02. The van der Waals surface area contributed by atoms with Gasteiger partial charge in [0.25, 0.3) is 0 Å². The number of urea groups is 1. The van der Waals surface area contributed by atoms with E-state index in [4.69, 9.17) is 5.73 Å². The predicted molar refractivity (Wildman–Crippen MR) is 112 cm³/mol. The van der Waals surface area contributed by atoms with Crippen LogP contribution in [0.15, 0.2) is 48.9 Å². The van der Waals surface area contributed by atoms with E-state index < -0.39 is 36.0 Å². The molecule has 32 heavy (non-hydrogen) atoms. The van der Waals surface area contributed by atoms with Crippen LogP contribution in [0.5, 0.6) is 0 Å². The number of hydrogen-bond acceptors (Lipinski definition) is 4. The number of pyridine rings is 1. The number of anilines is 1. The number of amides is 4. The highest BCUT2D eigenvalue weighted by atomic mass is 19.1. The van der Waals surface area contributed by atoms with Crippen molar-refractivity contribution in [2.24, 2.45) is 5.73 Å². The minimum absolute atomic E-state index is 0.0153. The van der Waals surface area contributed by atoms with Crippen LogP contribution < -0.4 is 16.4 Å². The summed E-state index contributed by atoms with van der Waals surface area (Å²) in [6.07, 6.45) is 2.27. The van der Waals surface area contributed by atoms with Crippen molar-refractivity contribution in [3.63, 3.8) is 0 Å². The lowest BCUT2D eigenvalue weighted by Gasteiger charge is -2.23. The lowest BCUT2D eigenvalue weighted by molar-refractivity contribution is -0.124. The average Bonchev–Trinajstić information content (AvgIpc) is 3.33. The van der Waals surface area contributed by atoms with Crippen molar-refractivity contribution in [2.75, 3.05) is 11.9 Å². The molecule has 1 aliphatic heterocycles. The van der Waals surface area contributed by atoms with Gasteiger partial charge in [-0.15, -0.1) is 0 Å². The van der Waals surface area contributed by atoms with E-state index in [0.29, 0.717) is 22.2 Å². The minimum Gasteiger partial charge on any atom is -0.351 e. The summed E-state index contributed by atoms with van der Waals surface area (Å²) in [6, 6.07) is 5.57. The summed E-state index contributed by atoms with van der Waals surface area (Å²) in [4.78, 5) is 42.0. The third-order valence-electron chi connectivity index (χ3n) is 5.23. The molecular formula is C21H20F2N6O3. The van der Waals surface area contributed by atoms with Gasteiger partial charge in [0, 0.05) is 30.7 Å². The molecule has 3 aromatic rings. The molecular weight excluding hydrogens is 422 g/mol. The smallest absolute Gasteiger partial charge is 0.323 e. The Bertz CT molecular complexity index is 1200. The standard InChI is InChI=1S/C21H20F2N6O3/c22-13-5-12(7-25-9-13)8-26-19(30)18-6-14(23)10-29(18)21(32)27-16-11-28(20(24)31)17-4-2-1-3-15(16)17/h1-5,7,9,11,14,18H,6,8,10H2,(H2,24,31)(H,26,30)(H,27,32)/t14-,18+/m1/s1. The molecule has 0 saturated carbocycles. The molecule has 0 spiro atoms. The second-order valence-electron chi connectivity index (χ2n) is 7.43. The van der Waals surface area contributed by atoms with Crippen molar-refractivity contribution < 1.29 is 23.2 Å². The summed E-state index contributed by atoms with van der Waals surface area (Å²) in [6.45, 7) is -0.279. The van der Waals surface area contributed by atoms with E-state index in [2.05, 4.69) is 15.6 Å². The fourth-order valence-electron chi connectivity index (χ4n) is 3.77. The van der Waals surface area contributed by atoms with E-state index in [9.17, 15) is 23.2 Å². The van der Waals surface area contributed by atoms with Crippen LogP contribution in [-0.2, 0) is 11.3 Å². The van der Waals surface area contributed by atoms with E-state index in [1.807, 2.05) is 0 Å². The number of carbonyl (C=O) groups excluding carboxylic acids is 3. The Kier molecular flexibility index (Phi) is 5.71. The van der Waals surface area contributed by atoms with Crippen molar-refractivity contribution in [3.8, 4) is 0 Å². The predicted octanol–water partition coefficient (Wildman–Crippen LogP) is 2.36. The van der Waals surface area contributed by atoms with Crippen LogP contribution in [0.2, 0.25) is 0 Å². The number of para-hydroxylation sites is 1. The Labute approximate surface area is 181 Å². The Morgan fingerprint density at radius 3 is 2.75 bits per heavy atom. The van der Waals surface area contributed by atoms with Crippen molar-refractivity contribution in [1.82, 2.24) is 19.8 Å². The molecule has 0 unspecified atom stereocenters. The number of likely N-dealkylation sites (tertiary alicyclic amines) is 1. The third kappa shape index (κ3) is 4.22. The molecule has 0 radical (unpaired) electrons. The van der Waals surface area contributed by atoms with Gasteiger partial charge in [-0.1, -0.05) is 18.2 Å². The van der Waals surface area contributed by atoms with Crippen LogP contribution in [0.4, 0.5) is 24.1 Å². The second kappa shape index (κ2) is 8.61. The Morgan fingerprint density at radius 2 is 2.00 bits per heavy atom. The summed E-state index contributed by atoms with van der Waals surface area (Å²) < 4.78 is 28.6. The number of carbonyl (C=O) groups is 3. The molecule has 4 amide bonds. The zero-order valence-electron chi connectivity index (χ0n) is 16.8. The number of nitrogens with zero attached hydrogens (tertiary/aromatic N) is 3. The van der Waals surface area contributed by atoms with Gasteiger partial charge in [0.2, 0.25) is 5.91 Å². The molecule has 0 aliphatic carbocycles. The maximum Gasteiger partial charge on any atom is 0.323 e. The first-order chi connectivity index (χ1) is 15.3. The zero-order chi connectivity index (χ0) is 22.8. The Balaban J connectivity index is 1.49. The van der Waals surface area contributed by atoms with Crippen molar-refractivity contribution in [2.45, 2.75) is 25.2 Å². The molecule has 0 bridgehead atoms. The fraction of sp³-hybridized carbons (Fsp3) is 0.238. The van der Waals surface area contributed by atoms with E-state index in [1.54, 1.807) is 24.3 Å². The number of rotatable bonds is 4. The largest absolute Gasteiger partial charge is 0.351 e. The molecule has 3 heterocycles. The van der Waals surface area contributed by atoms with Crippen molar-refractivity contribution in [3.05, 3.63) is 60.3 Å². The van der Waals surface area contributed by atoms with Gasteiger partial charge in [0.05, 0.1) is 23.9 Å². The van der Waals surface area contributed by atoms with Gasteiger partial charge in [-0.25, -0.2) is 18.4 Å². The highest BCUT2D eigenvalue weighted by molar-refractivity contribution is 6.05. The SMILES string of the molecule is NC(=O)n1cc(NC(=O)N2C[C@H](F)C[C@H]2C(=O)NCc2cncc(F)c2)c2ccccc21. The first-order valence-corrected chi connectivity index (χ1v) is 9.82. The molecule has 1 aromatic carbocycles. The third-order valence-corrected chi connectivity index (χ3v) is 5.23. The van der Waals surface area contributed by atoms with Crippen LogP contribution >= 0.6 is 0 Å². The average molecular weight is 442 g/mol. The number of alkyl halides is 1. The number of nitrogens with two attached hydrogens (primary N) is 1. The number of halogens is 2. The maximum absolute atomic E-state index is 14.1. The van der Waals surface area contributed by atoms with Gasteiger partial charge in [-0.2, -0.15) is 0 Å². The van der Waals surface area contributed by atoms with Gasteiger partial charge in [0.1, 0.15) is 18.0 Å². The van der Waals surface area contributed by atoms with Crippen molar-refractivity contribution in [1.29, 1.82) is 0 Å². The van der Waals surface area contributed by atoms with E-state index in [0.717, 1.165) is 11.1 Å². The summed E-state index contributed by atoms with van der Waals surface area (Å²) >= 11 is 0. The van der Waals surface area contributed by atoms with Gasteiger partial charge in [-0.3, -0.25) is 14.3 Å². The molecule has 2 atom stereocenters. The molecule has 4 N–H and O–H groups in total. The normalized spacial score (nSPS) is 18.0. The first-order valence-electron chi connectivity index (χ1n) is 9.82. The monoisotopic (exact) mass is 442 g/mol. The second-order valence-corrected chi connectivity index (χ2v) is 7.43. The van der Waals surface area contributed by atoms with E-state index in [1.165, 1.54) is 23.0 Å². The van der Waals surface area contributed by atoms with Crippen LogP contribution in [-0.4, -0.2) is 51.2 Å². The van der Waals surface area contributed by atoms with Gasteiger partial charge in [-0.05, 0) is 17.7 Å². The summed E-state index contributed by atoms with van der Waals surface area (Å²) in [5.74, 6) is -1.11. The van der Waals surface area contributed by atoms with Gasteiger partial charge >= 0.3 is 12.1 Å². The topological polar surface area (TPSA) is 122 Å². The first kappa shape index (κ1) is 21.2. The minimum atomic E-state index is -1.38. The molecule has 1 fully saturated rings. The maximum atomic E-state index is 14.1. The highest BCUT2D eigenvalue weighted by Crippen LogP contribution is 2.27. The molecule has 1 aliphatic rings. The molecule has 11 heteroatoms. The number of nitrogens with one attached hydrogen (secondary N) is 2. The van der Waals surface area contributed by atoms with Crippen molar-refractivity contribution >= 4 is 34.6 Å².